The molecule has 24 heavy (non-hydrogen) atoms. The van der Waals surface area contributed by atoms with Crippen molar-refractivity contribution in [2.75, 3.05) is 39.4 Å². The standard InChI is InChI=1S/C17H32N6O/c1-5-18-17(19-10-15-11-21-22(4)13-15)20-12-16(14(2)3)23-6-8-24-9-7-23/h11,13-14,16H,5-10,12H2,1-4H3,(H2,18,19,20). The second-order valence-corrected chi connectivity index (χ2v) is 6.56. The quantitative estimate of drug-likeness (QED) is 0.570. The van der Waals surface area contributed by atoms with Crippen LogP contribution < -0.4 is 10.6 Å². The average molecular weight is 336 g/mol. The van der Waals surface area contributed by atoms with Crippen LogP contribution in [-0.2, 0) is 18.3 Å². The molecule has 7 heteroatoms. The smallest absolute Gasteiger partial charge is 0.191 e. The number of hydrogen-bond donors (Lipinski definition) is 2. The lowest BCUT2D eigenvalue weighted by Crippen LogP contribution is -2.52. The Morgan fingerprint density at radius 2 is 2.08 bits per heavy atom. The van der Waals surface area contributed by atoms with Crippen molar-refractivity contribution in [2.45, 2.75) is 33.4 Å². The van der Waals surface area contributed by atoms with Gasteiger partial charge in [0.25, 0.3) is 0 Å². The topological polar surface area (TPSA) is 66.7 Å². The Hall–Kier alpha value is -1.60. The minimum Gasteiger partial charge on any atom is -0.379 e. The fourth-order valence-electron chi connectivity index (χ4n) is 2.96. The van der Waals surface area contributed by atoms with Gasteiger partial charge in [0.05, 0.1) is 26.0 Å². The van der Waals surface area contributed by atoms with Gasteiger partial charge in [-0.2, -0.15) is 5.10 Å². The summed E-state index contributed by atoms with van der Waals surface area (Å²) in [6, 6.07) is 0.483. The van der Waals surface area contributed by atoms with Crippen molar-refractivity contribution in [1.29, 1.82) is 0 Å². The molecule has 0 amide bonds. The van der Waals surface area contributed by atoms with Gasteiger partial charge in [0, 0.05) is 51.0 Å². The van der Waals surface area contributed by atoms with Gasteiger partial charge in [-0.1, -0.05) is 13.8 Å². The number of nitrogens with one attached hydrogen (secondary N) is 2. The van der Waals surface area contributed by atoms with Gasteiger partial charge >= 0.3 is 0 Å². The second kappa shape index (κ2) is 9.64. The van der Waals surface area contributed by atoms with E-state index >= 15 is 0 Å². The first-order chi connectivity index (χ1) is 11.6. The lowest BCUT2D eigenvalue weighted by atomic mass is 10.0. The van der Waals surface area contributed by atoms with E-state index in [-0.39, 0.29) is 0 Å². The van der Waals surface area contributed by atoms with Crippen LogP contribution in [-0.4, -0.2) is 66.1 Å². The van der Waals surface area contributed by atoms with Crippen LogP contribution in [0.15, 0.2) is 17.4 Å². The number of aliphatic imine (C=N–C) groups is 1. The highest BCUT2D eigenvalue weighted by Gasteiger charge is 2.23. The molecule has 1 atom stereocenters. The Kier molecular flexibility index (Phi) is 7.52. The fourth-order valence-corrected chi connectivity index (χ4v) is 2.96. The average Bonchev–Trinajstić information content (AvgIpc) is 2.99. The van der Waals surface area contributed by atoms with Crippen LogP contribution in [0.5, 0.6) is 0 Å². The van der Waals surface area contributed by atoms with Crippen LogP contribution in [0.4, 0.5) is 0 Å². The first kappa shape index (κ1) is 18.7. The van der Waals surface area contributed by atoms with Crippen molar-refractivity contribution in [3.8, 4) is 0 Å². The molecule has 2 heterocycles. The van der Waals surface area contributed by atoms with Crippen LogP contribution >= 0.6 is 0 Å². The Balaban J connectivity index is 1.92. The number of guanidine groups is 1. The molecule has 136 valence electrons. The monoisotopic (exact) mass is 336 g/mol. The maximum Gasteiger partial charge on any atom is 0.191 e. The van der Waals surface area contributed by atoms with Gasteiger partial charge in [0.15, 0.2) is 5.96 Å². The van der Waals surface area contributed by atoms with E-state index in [1.807, 2.05) is 19.4 Å². The molecule has 1 saturated heterocycles. The van der Waals surface area contributed by atoms with Crippen LogP contribution in [0.2, 0.25) is 0 Å². The summed E-state index contributed by atoms with van der Waals surface area (Å²) in [5, 5.41) is 11.0. The molecule has 1 aromatic heterocycles. The molecule has 0 saturated carbocycles. The number of rotatable bonds is 7. The zero-order valence-corrected chi connectivity index (χ0v) is 15.5. The molecule has 0 aromatic carbocycles. The minimum absolute atomic E-state index is 0.483. The number of ether oxygens (including phenoxy) is 1. The second-order valence-electron chi connectivity index (χ2n) is 6.56. The molecule has 0 radical (unpaired) electrons. The van der Waals surface area contributed by atoms with Crippen LogP contribution in [0.1, 0.15) is 26.3 Å². The minimum atomic E-state index is 0.483. The number of nitrogens with zero attached hydrogens (tertiary/aromatic N) is 4. The molecular formula is C17H32N6O. The largest absolute Gasteiger partial charge is 0.379 e. The van der Waals surface area contributed by atoms with Crippen LogP contribution in [0.3, 0.4) is 0 Å². The van der Waals surface area contributed by atoms with Gasteiger partial charge in [0.2, 0.25) is 0 Å². The van der Waals surface area contributed by atoms with E-state index in [0.29, 0.717) is 18.5 Å². The van der Waals surface area contributed by atoms with Gasteiger partial charge in [-0.15, -0.1) is 0 Å². The number of hydrogen-bond acceptors (Lipinski definition) is 4. The van der Waals surface area contributed by atoms with Crippen molar-refractivity contribution in [1.82, 2.24) is 25.3 Å². The third-order valence-corrected chi connectivity index (χ3v) is 4.29. The molecule has 2 N–H and O–H groups in total. The summed E-state index contributed by atoms with van der Waals surface area (Å²) in [4.78, 5) is 7.19. The van der Waals surface area contributed by atoms with E-state index in [2.05, 4.69) is 46.4 Å². The molecule has 0 spiro atoms. The highest BCUT2D eigenvalue weighted by atomic mass is 16.5. The van der Waals surface area contributed by atoms with Gasteiger partial charge < -0.3 is 15.4 Å². The Labute approximate surface area is 145 Å². The summed E-state index contributed by atoms with van der Waals surface area (Å²) >= 11 is 0. The number of aromatic nitrogens is 2. The van der Waals surface area contributed by atoms with Crippen molar-refractivity contribution in [2.24, 2.45) is 18.0 Å². The van der Waals surface area contributed by atoms with Crippen LogP contribution in [0.25, 0.3) is 0 Å². The van der Waals surface area contributed by atoms with Crippen LogP contribution in [0, 0.1) is 5.92 Å². The summed E-state index contributed by atoms with van der Waals surface area (Å²) in [5.41, 5.74) is 1.11. The molecule has 1 aliphatic rings. The van der Waals surface area contributed by atoms with Gasteiger partial charge in [-0.25, -0.2) is 4.99 Å². The highest BCUT2D eigenvalue weighted by Crippen LogP contribution is 2.12. The summed E-state index contributed by atoms with van der Waals surface area (Å²) in [5.74, 6) is 1.44. The number of morpholine rings is 1. The zero-order valence-electron chi connectivity index (χ0n) is 15.5. The molecule has 1 unspecified atom stereocenters. The number of aryl methyl sites for hydroxylation is 1. The predicted octanol–water partition coefficient (Wildman–Crippen LogP) is 0.832. The lowest BCUT2D eigenvalue weighted by molar-refractivity contribution is 0.00752. The molecule has 1 aromatic rings. The lowest BCUT2D eigenvalue weighted by Gasteiger charge is -2.37. The van der Waals surface area contributed by atoms with E-state index in [0.717, 1.165) is 50.9 Å². The summed E-state index contributed by atoms with van der Waals surface area (Å²) < 4.78 is 7.28. The first-order valence-electron chi connectivity index (χ1n) is 8.91. The molecule has 0 aliphatic carbocycles. The summed E-state index contributed by atoms with van der Waals surface area (Å²) in [7, 11) is 1.92. The van der Waals surface area contributed by atoms with Crippen molar-refractivity contribution >= 4 is 5.96 Å². The van der Waals surface area contributed by atoms with Gasteiger partial charge in [-0.05, 0) is 12.8 Å². The van der Waals surface area contributed by atoms with Crippen molar-refractivity contribution < 1.29 is 4.74 Å². The fraction of sp³-hybridized carbons (Fsp3) is 0.765. The summed E-state index contributed by atoms with van der Waals surface area (Å²) in [6.45, 7) is 12.7. The van der Waals surface area contributed by atoms with E-state index in [4.69, 9.17) is 4.74 Å². The molecular weight excluding hydrogens is 304 g/mol. The molecule has 0 bridgehead atoms. The zero-order chi connectivity index (χ0) is 17.4. The SMILES string of the molecule is CCNC(=NCc1cnn(C)c1)NCC(C(C)C)N1CCOCC1. The van der Waals surface area contributed by atoms with Gasteiger partial charge in [0.1, 0.15) is 0 Å². The third kappa shape index (κ3) is 5.79. The molecule has 2 rings (SSSR count). The first-order valence-corrected chi connectivity index (χ1v) is 8.91. The molecule has 7 nitrogen and oxygen atoms in total. The Morgan fingerprint density at radius 1 is 1.33 bits per heavy atom. The summed E-state index contributed by atoms with van der Waals surface area (Å²) in [6.07, 6.45) is 3.86. The Bertz CT molecular complexity index is 507. The Morgan fingerprint density at radius 3 is 2.67 bits per heavy atom. The van der Waals surface area contributed by atoms with E-state index in [9.17, 15) is 0 Å². The predicted molar refractivity (Wildman–Crippen MR) is 97.0 cm³/mol. The molecule has 1 aliphatic heterocycles. The molecule has 1 fully saturated rings. The van der Waals surface area contributed by atoms with Crippen molar-refractivity contribution in [3.63, 3.8) is 0 Å². The third-order valence-electron chi connectivity index (χ3n) is 4.29. The van der Waals surface area contributed by atoms with E-state index in [1.165, 1.54) is 0 Å². The van der Waals surface area contributed by atoms with Crippen molar-refractivity contribution in [3.05, 3.63) is 18.0 Å². The maximum absolute atomic E-state index is 5.48. The van der Waals surface area contributed by atoms with E-state index < -0.39 is 0 Å². The highest BCUT2D eigenvalue weighted by molar-refractivity contribution is 5.79. The van der Waals surface area contributed by atoms with Gasteiger partial charge in [-0.3, -0.25) is 9.58 Å². The maximum atomic E-state index is 5.48. The normalized spacial score (nSPS) is 18.0. The van der Waals surface area contributed by atoms with E-state index in [1.54, 1.807) is 4.68 Å².